The van der Waals surface area contributed by atoms with Crippen molar-refractivity contribution in [1.29, 1.82) is 0 Å². The number of thiophene rings is 1. The molecule has 0 bridgehead atoms. The fourth-order valence-electron chi connectivity index (χ4n) is 2.50. The summed E-state index contributed by atoms with van der Waals surface area (Å²) in [4.78, 5) is 25.2. The van der Waals surface area contributed by atoms with E-state index in [4.69, 9.17) is 0 Å². The Bertz CT molecular complexity index is 688. The van der Waals surface area contributed by atoms with Crippen molar-refractivity contribution in [3.05, 3.63) is 56.8 Å². The Kier molecular flexibility index (Phi) is 3.40. The van der Waals surface area contributed by atoms with Crippen LogP contribution in [-0.4, -0.2) is 18.2 Å². The molecular formula is C16H15NO2S. The number of fused-ring (bicyclic) bond motifs is 1. The van der Waals surface area contributed by atoms with E-state index in [-0.39, 0.29) is 11.7 Å². The van der Waals surface area contributed by atoms with Gasteiger partial charge >= 0.3 is 0 Å². The normalized spacial score (nSPS) is 13.8. The number of nitrogens with one attached hydrogen (secondary N) is 1. The second kappa shape index (κ2) is 5.21. The van der Waals surface area contributed by atoms with E-state index >= 15 is 0 Å². The predicted octanol–water partition coefficient (Wildman–Crippen LogP) is 2.83. The summed E-state index contributed by atoms with van der Waals surface area (Å²) in [5.74, 6) is -0.0687. The van der Waals surface area contributed by atoms with Gasteiger partial charge in [-0.25, -0.2) is 0 Å². The van der Waals surface area contributed by atoms with Crippen molar-refractivity contribution in [3.8, 4) is 0 Å². The van der Waals surface area contributed by atoms with Gasteiger partial charge in [0.05, 0.1) is 4.88 Å². The van der Waals surface area contributed by atoms with Crippen LogP contribution in [-0.2, 0) is 12.8 Å². The summed E-state index contributed by atoms with van der Waals surface area (Å²) in [6, 6.07) is 7.45. The van der Waals surface area contributed by atoms with Crippen LogP contribution in [0.3, 0.4) is 0 Å². The van der Waals surface area contributed by atoms with Crippen LogP contribution in [0, 0.1) is 0 Å². The monoisotopic (exact) mass is 285 g/mol. The van der Waals surface area contributed by atoms with Crippen molar-refractivity contribution in [2.24, 2.45) is 0 Å². The maximum Gasteiger partial charge on any atom is 0.251 e. The zero-order valence-electron chi connectivity index (χ0n) is 11.2. The first-order valence-electron chi connectivity index (χ1n) is 6.73. The minimum absolute atomic E-state index is 0.0121. The minimum Gasteiger partial charge on any atom is -0.352 e. The third kappa shape index (κ3) is 2.16. The molecule has 1 N–H and O–H groups in total. The average Bonchev–Trinajstić information content (AvgIpc) is 2.95. The van der Waals surface area contributed by atoms with E-state index < -0.39 is 0 Å². The standard InChI is InChI=1S/C16H15NO2S/c1-2-10-6-8-20-15(10)14(18)12-4-3-11-5-7-17-16(19)13(11)9-12/h3-4,6,8-9H,2,5,7H2,1H3,(H,17,19). The van der Waals surface area contributed by atoms with Gasteiger partial charge in [-0.2, -0.15) is 0 Å². The zero-order chi connectivity index (χ0) is 14.1. The van der Waals surface area contributed by atoms with Crippen molar-refractivity contribution in [2.45, 2.75) is 19.8 Å². The number of carbonyl (C=O) groups excluding carboxylic acids is 2. The molecule has 0 fully saturated rings. The summed E-state index contributed by atoms with van der Waals surface area (Å²) in [7, 11) is 0. The summed E-state index contributed by atoms with van der Waals surface area (Å²) in [5.41, 5.74) is 3.32. The number of rotatable bonds is 3. The molecule has 1 aliphatic rings. The van der Waals surface area contributed by atoms with E-state index in [1.54, 1.807) is 6.07 Å². The number of ketones is 1. The van der Waals surface area contributed by atoms with E-state index in [1.165, 1.54) is 11.3 Å². The van der Waals surface area contributed by atoms with Crippen LogP contribution in [0.1, 0.15) is 43.6 Å². The van der Waals surface area contributed by atoms with Crippen LogP contribution in [0.25, 0.3) is 0 Å². The molecule has 1 aromatic heterocycles. The van der Waals surface area contributed by atoms with E-state index in [2.05, 4.69) is 5.32 Å². The van der Waals surface area contributed by atoms with Crippen molar-refractivity contribution in [2.75, 3.05) is 6.54 Å². The van der Waals surface area contributed by atoms with Crippen LogP contribution in [0.15, 0.2) is 29.6 Å². The van der Waals surface area contributed by atoms with Gasteiger partial charge in [0.25, 0.3) is 5.91 Å². The molecule has 1 aliphatic heterocycles. The summed E-state index contributed by atoms with van der Waals surface area (Å²) >= 11 is 1.47. The van der Waals surface area contributed by atoms with Crippen LogP contribution < -0.4 is 5.32 Å². The van der Waals surface area contributed by atoms with E-state index in [0.717, 1.165) is 28.8 Å². The lowest BCUT2D eigenvalue weighted by Gasteiger charge is -2.16. The number of carbonyl (C=O) groups is 2. The Morgan fingerprint density at radius 3 is 3.00 bits per heavy atom. The molecule has 20 heavy (non-hydrogen) atoms. The molecule has 1 amide bonds. The number of benzene rings is 1. The molecule has 4 heteroatoms. The summed E-state index contributed by atoms with van der Waals surface area (Å²) in [5, 5.41) is 4.76. The Hall–Kier alpha value is -1.94. The minimum atomic E-state index is -0.0807. The third-order valence-corrected chi connectivity index (χ3v) is 4.59. The highest BCUT2D eigenvalue weighted by atomic mass is 32.1. The van der Waals surface area contributed by atoms with Gasteiger partial charge in [0.1, 0.15) is 0 Å². The van der Waals surface area contributed by atoms with Gasteiger partial charge in [-0.05, 0) is 41.5 Å². The highest BCUT2D eigenvalue weighted by molar-refractivity contribution is 7.12. The zero-order valence-corrected chi connectivity index (χ0v) is 12.0. The van der Waals surface area contributed by atoms with Crippen LogP contribution in [0.2, 0.25) is 0 Å². The summed E-state index contributed by atoms with van der Waals surface area (Å²) < 4.78 is 0. The quantitative estimate of drug-likeness (QED) is 0.881. The Morgan fingerprint density at radius 1 is 1.35 bits per heavy atom. The molecule has 0 unspecified atom stereocenters. The third-order valence-electron chi connectivity index (χ3n) is 3.63. The van der Waals surface area contributed by atoms with Crippen LogP contribution in [0.5, 0.6) is 0 Å². The van der Waals surface area contributed by atoms with E-state index in [9.17, 15) is 9.59 Å². The molecule has 3 nitrogen and oxygen atoms in total. The van der Waals surface area contributed by atoms with Gasteiger partial charge in [-0.3, -0.25) is 9.59 Å². The fraction of sp³-hybridized carbons (Fsp3) is 0.250. The molecule has 0 atom stereocenters. The molecule has 2 aromatic rings. The fourth-order valence-corrected chi connectivity index (χ4v) is 3.45. The van der Waals surface area contributed by atoms with Crippen LogP contribution in [0.4, 0.5) is 0 Å². The van der Waals surface area contributed by atoms with Crippen molar-refractivity contribution >= 4 is 23.0 Å². The largest absolute Gasteiger partial charge is 0.352 e. The Labute approximate surface area is 121 Å². The Morgan fingerprint density at radius 2 is 2.20 bits per heavy atom. The first-order valence-corrected chi connectivity index (χ1v) is 7.61. The molecule has 0 saturated carbocycles. The molecule has 102 valence electrons. The lowest BCUT2D eigenvalue weighted by molar-refractivity contribution is 0.0946. The lowest BCUT2D eigenvalue weighted by atomic mass is 9.95. The molecule has 2 heterocycles. The predicted molar refractivity (Wildman–Crippen MR) is 79.6 cm³/mol. The second-order valence-corrected chi connectivity index (χ2v) is 5.75. The molecular weight excluding hydrogens is 270 g/mol. The highest BCUT2D eigenvalue weighted by Crippen LogP contribution is 2.23. The van der Waals surface area contributed by atoms with E-state index in [0.29, 0.717) is 17.7 Å². The van der Waals surface area contributed by atoms with Crippen molar-refractivity contribution < 1.29 is 9.59 Å². The van der Waals surface area contributed by atoms with Crippen molar-refractivity contribution in [3.63, 3.8) is 0 Å². The number of amides is 1. The van der Waals surface area contributed by atoms with Gasteiger partial charge in [0.2, 0.25) is 5.78 Å². The molecule has 1 aromatic carbocycles. The maximum absolute atomic E-state index is 12.6. The van der Waals surface area contributed by atoms with Crippen LogP contribution >= 0.6 is 11.3 Å². The average molecular weight is 285 g/mol. The SMILES string of the molecule is CCc1ccsc1C(=O)c1ccc2c(c1)C(=O)NCC2. The highest BCUT2D eigenvalue weighted by Gasteiger charge is 2.20. The first-order chi connectivity index (χ1) is 9.70. The smallest absolute Gasteiger partial charge is 0.251 e. The molecule has 0 radical (unpaired) electrons. The van der Waals surface area contributed by atoms with Gasteiger partial charge in [0.15, 0.2) is 0 Å². The first kappa shape index (κ1) is 13.1. The molecule has 0 spiro atoms. The van der Waals surface area contributed by atoms with Gasteiger partial charge in [0, 0.05) is 17.7 Å². The summed E-state index contributed by atoms with van der Waals surface area (Å²) in [6.45, 7) is 2.71. The lowest BCUT2D eigenvalue weighted by Crippen LogP contribution is -2.32. The van der Waals surface area contributed by atoms with E-state index in [1.807, 2.05) is 30.5 Å². The molecule has 3 rings (SSSR count). The van der Waals surface area contributed by atoms with Crippen molar-refractivity contribution in [1.82, 2.24) is 5.32 Å². The number of aryl methyl sites for hydroxylation is 1. The maximum atomic E-state index is 12.6. The molecule has 0 aliphatic carbocycles. The Balaban J connectivity index is 2.01. The van der Waals surface area contributed by atoms with Gasteiger partial charge in [-0.15, -0.1) is 11.3 Å². The second-order valence-electron chi connectivity index (χ2n) is 4.84. The molecule has 0 saturated heterocycles. The number of hydrogen-bond donors (Lipinski definition) is 1. The summed E-state index contributed by atoms with van der Waals surface area (Å²) in [6.07, 6.45) is 1.67. The van der Waals surface area contributed by atoms with Gasteiger partial charge < -0.3 is 5.32 Å². The number of hydrogen-bond acceptors (Lipinski definition) is 3. The van der Waals surface area contributed by atoms with Gasteiger partial charge in [-0.1, -0.05) is 19.1 Å². The topological polar surface area (TPSA) is 46.2 Å².